The van der Waals surface area contributed by atoms with E-state index < -0.39 is 29.8 Å². The molecular weight excluding hydrogens is 275 g/mol. The summed E-state index contributed by atoms with van der Waals surface area (Å²) in [5.41, 5.74) is 5.57. The summed E-state index contributed by atoms with van der Waals surface area (Å²) >= 11 is 0. The first-order valence-electron chi connectivity index (χ1n) is 6.87. The van der Waals surface area contributed by atoms with Gasteiger partial charge in [0.25, 0.3) is 0 Å². The van der Waals surface area contributed by atoms with Crippen molar-refractivity contribution in [2.75, 3.05) is 0 Å². The molecule has 0 spiro atoms. The number of rotatable bonds is 7. The summed E-state index contributed by atoms with van der Waals surface area (Å²) in [4.78, 5) is 23.2. The third-order valence-corrected chi connectivity index (χ3v) is 3.45. The van der Waals surface area contributed by atoms with Gasteiger partial charge >= 0.3 is 0 Å². The smallest absolute Gasteiger partial charge is 0.240 e. The topological polar surface area (TPSA) is 92.4 Å². The van der Waals surface area contributed by atoms with Crippen LogP contribution in [0.5, 0.6) is 0 Å². The van der Waals surface area contributed by atoms with E-state index in [0.717, 1.165) is 6.07 Å². The number of primary amides is 1. The Morgan fingerprint density at radius 3 is 2.62 bits per heavy atom. The van der Waals surface area contributed by atoms with Gasteiger partial charge in [-0.3, -0.25) is 9.59 Å². The third kappa shape index (κ3) is 5.15. The van der Waals surface area contributed by atoms with Crippen LogP contribution in [-0.4, -0.2) is 23.0 Å². The van der Waals surface area contributed by atoms with Gasteiger partial charge in [-0.25, -0.2) is 4.39 Å². The number of nitrogens with two attached hydrogens (primary N) is 1. The fraction of sp³-hybridized carbons (Fsp3) is 0.467. The second-order valence-electron chi connectivity index (χ2n) is 5.11. The highest BCUT2D eigenvalue weighted by Crippen LogP contribution is 2.18. The molecule has 0 heterocycles. The SMILES string of the molecule is CCC(C)C(NC(=O)CC(O)c1cccc(F)c1)C(N)=O. The number of aliphatic hydroxyl groups is 1. The first-order valence-corrected chi connectivity index (χ1v) is 6.87. The van der Waals surface area contributed by atoms with E-state index in [4.69, 9.17) is 5.73 Å². The molecule has 0 aliphatic heterocycles. The molecule has 4 N–H and O–H groups in total. The van der Waals surface area contributed by atoms with Gasteiger partial charge in [-0.2, -0.15) is 0 Å². The molecule has 0 bridgehead atoms. The minimum Gasteiger partial charge on any atom is -0.388 e. The summed E-state index contributed by atoms with van der Waals surface area (Å²) in [5, 5.41) is 12.4. The number of hydrogen-bond donors (Lipinski definition) is 3. The number of carbonyl (C=O) groups excluding carboxylic acids is 2. The zero-order chi connectivity index (χ0) is 16.0. The minimum atomic E-state index is -1.13. The molecule has 116 valence electrons. The molecule has 0 aliphatic rings. The van der Waals surface area contributed by atoms with Gasteiger partial charge in [0.15, 0.2) is 0 Å². The van der Waals surface area contributed by atoms with Crippen molar-refractivity contribution < 1.29 is 19.1 Å². The molecule has 1 aromatic rings. The Balaban J connectivity index is 2.65. The summed E-state index contributed by atoms with van der Waals surface area (Å²) in [6, 6.07) is 4.63. The summed E-state index contributed by atoms with van der Waals surface area (Å²) in [6.07, 6.45) is -0.713. The van der Waals surface area contributed by atoms with E-state index in [1.165, 1.54) is 18.2 Å². The zero-order valence-electron chi connectivity index (χ0n) is 12.2. The van der Waals surface area contributed by atoms with Crippen molar-refractivity contribution in [3.63, 3.8) is 0 Å². The molecule has 5 nitrogen and oxygen atoms in total. The largest absolute Gasteiger partial charge is 0.388 e. The lowest BCUT2D eigenvalue weighted by molar-refractivity contribution is -0.129. The first kappa shape index (κ1) is 17.1. The second kappa shape index (κ2) is 7.73. The van der Waals surface area contributed by atoms with Crippen LogP contribution in [0.3, 0.4) is 0 Å². The summed E-state index contributed by atoms with van der Waals surface area (Å²) < 4.78 is 13.1. The molecule has 0 saturated carbocycles. The number of hydrogen-bond acceptors (Lipinski definition) is 3. The van der Waals surface area contributed by atoms with E-state index in [1.807, 2.05) is 6.92 Å². The standard InChI is InChI=1S/C15H21FN2O3/c1-3-9(2)14(15(17)21)18-13(20)8-12(19)10-5-4-6-11(16)7-10/h4-7,9,12,14,19H,3,8H2,1-2H3,(H2,17,21)(H,18,20). The molecule has 3 atom stereocenters. The Morgan fingerprint density at radius 2 is 2.10 bits per heavy atom. The highest BCUT2D eigenvalue weighted by molar-refractivity contribution is 5.87. The predicted octanol–water partition coefficient (Wildman–Crippen LogP) is 1.27. The molecule has 0 fully saturated rings. The Morgan fingerprint density at radius 1 is 1.43 bits per heavy atom. The lowest BCUT2D eigenvalue weighted by Gasteiger charge is -2.22. The van der Waals surface area contributed by atoms with Crippen LogP contribution in [0.1, 0.15) is 38.4 Å². The van der Waals surface area contributed by atoms with Crippen LogP contribution < -0.4 is 11.1 Å². The van der Waals surface area contributed by atoms with E-state index >= 15 is 0 Å². The number of amides is 2. The first-order chi connectivity index (χ1) is 9.85. The van der Waals surface area contributed by atoms with E-state index in [-0.39, 0.29) is 12.3 Å². The molecule has 0 saturated heterocycles. The zero-order valence-corrected chi connectivity index (χ0v) is 12.2. The molecule has 0 radical (unpaired) electrons. The molecule has 2 amide bonds. The fourth-order valence-electron chi connectivity index (χ4n) is 1.97. The van der Waals surface area contributed by atoms with Crippen LogP contribution in [0.2, 0.25) is 0 Å². The summed E-state index contributed by atoms with van der Waals surface area (Å²) in [6.45, 7) is 3.69. The number of benzene rings is 1. The highest BCUT2D eigenvalue weighted by atomic mass is 19.1. The Bertz CT molecular complexity index is 507. The van der Waals surface area contributed by atoms with Crippen LogP contribution in [0.15, 0.2) is 24.3 Å². The fourth-order valence-corrected chi connectivity index (χ4v) is 1.97. The van der Waals surface area contributed by atoms with Crippen LogP contribution in [-0.2, 0) is 9.59 Å². The maximum Gasteiger partial charge on any atom is 0.240 e. The third-order valence-electron chi connectivity index (χ3n) is 3.45. The number of aliphatic hydroxyl groups excluding tert-OH is 1. The van der Waals surface area contributed by atoms with Crippen LogP contribution in [0.25, 0.3) is 0 Å². The predicted molar refractivity (Wildman–Crippen MR) is 76.6 cm³/mol. The molecular formula is C15H21FN2O3. The van der Waals surface area contributed by atoms with Gasteiger partial charge in [-0.1, -0.05) is 32.4 Å². The van der Waals surface area contributed by atoms with Crippen molar-refractivity contribution in [1.82, 2.24) is 5.32 Å². The highest BCUT2D eigenvalue weighted by Gasteiger charge is 2.24. The van der Waals surface area contributed by atoms with Crippen molar-refractivity contribution in [1.29, 1.82) is 0 Å². The van der Waals surface area contributed by atoms with Gasteiger partial charge in [0.05, 0.1) is 12.5 Å². The van der Waals surface area contributed by atoms with Crippen molar-refractivity contribution >= 4 is 11.8 Å². The Hall–Kier alpha value is -1.95. The van der Waals surface area contributed by atoms with Gasteiger partial charge in [0, 0.05) is 0 Å². The van der Waals surface area contributed by atoms with Gasteiger partial charge in [0.1, 0.15) is 11.9 Å². The lowest BCUT2D eigenvalue weighted by atomic mass is 9.98. The number of carbonyl (C=O) groups is 2. The lowest BCUT2D eigenvalue weighted by Crippen LogP contribution is -2.48. The van der Waals surface area contributed by atoms with E-state index in [0.29, 0.717) is 12.0 Å². The molecule has 1 rings (SSSR count). The van der Waals surface area contributed by atoms with E-state index in [9.17, 15) is 19.1 Å². The van der Waals surface area contributed by atoms with Crippen molar-refractivity contribution in [3.8, 4) is 0 Å². The van der Waals surface area contributed by atoms with E-state index in [2.05, 4.69) is 5.32 Å². The maximum atomic E-state index is 13.1. The molecule has 0 aromatic heterocycles. The Labute approximate surface area is 123 Å². The molecule has 0 aliphatic carbocycles. The van der Waals surface area contributed by atoms with Crippen LogP contribution in [0, 0.1) is 11.7 Å². The average Bonchev–Trinajstić information content (AvgIpc) is 2.43. The van der Waals surface area contributed by atoms with Gasteiger partial charge < -0.3 is 16.2 Å². The molecule has 21 heavy (non-hydrogen) atoms. The average molecular weight is 296 g/mol. The van der Waals surface area contributed by atoms with Crippen molar-refractivity contribution in [3.05, 3.63) is 35.6 Å². The molecule has 1 aromatic carbocycles. The number of nitrogens with one attached hydrogen (secondary N) is 1. The van der Waals surface area contributed by atoms with Crippen LogP contribution >= 0.6 is 0 Å². The van der Waals surface area contributed by atoms with Gasteiger partial charge in [-0.05, 0) is 23.6 Å². The normalized spacial score (nSPS) is 15.0. The van der Waals surface area contributed by atoms with Crippen molar-refractivity contribution in [2.45, 2.75) is 38.8 Å². The molecule has 3 unspecified atom stereocenters. The van der Waals surface area contributed by atoms with Gasteiger partial charge in [-0.15, -0.1) is 0 Å². The molecule has 6 heteroatoms. The summed E-state index contributed by atoms with van der Waals surface area (Å²) in [5.74, 6) is -1.70. The summed E-state index contributed by atoms with van der Waals surface area (Å²) in [7, 11) is 0. The quantitative estimate of drug-likeness (QED) is 0.707. The van der Waals surface area contributed by atoms with E-state index in [1.54, 1.807) is 6.92 Å². The Kier molecular flexibility index (Phi) is 6.30. The monoisotopic (exact) mass is 296 g/mol. The maximum absolute atomic E-state index is 13.1. The second-order valence-corrected chi connectivity index (χ2v) is 5.11. The minimum absolute atomic E-state index is 0.0993. The van der Waals surface area contributed by atoms with Crippen LogP contribution in [0.4, 0.5) is 4.39 Å². The van der Waals surface area contributed by atoms with Gasteiger partial charge in [0.2, 0.25) is 11.8 Å². The number of halogens is 1. The van der Waals surface area contributed by atoms with Crippen molar-refractivity contribution in [2.24, 2.45) is 11.7 Å².